The van der Waals surface area contributed by atoms with E-state index in [4.69, 9.17) is 9.47 Å². The van der Waals surface area contributed by atoms with Crippen LogP contribution in [0.3, 0.4) is 0 Å². The molecule has 0 N–H and O–H groups in total. The molecule has 0 bridgehead atoms. The third-order valence-corrected chi connectivity index (χ3v) is 7.35. The predicted molar refractivity (Wildman–Crippen MR) is 138 cm³/mol. The van der Waals surface area contributed by atoms with Gasteiger partial charge in [0.05, 0.1) is 13.2 Å². The second-order valence-electron chi connectivity index (χ2n) is 9.03. The highest BCUT2D eigenvalue weighted by atomic mass is 32.1. The van der Waals surface area contributed by atoms with Gasteiger partial charge in [-0.1, -0.05) is 23.8 Å². The van der Waals surface area contributed by atoms with E-state index in [2.05, 4.69) is 11.4 Å². The zero-order valence-electron chi connectivity index (χ0n) is 20.7. The SMILES string of the molecule is COc1cccc(OCC2c3ccsc3CCN2C(=O)CN(C(=O)c2ccc(C)cc2)C(C)C)c1. The van der Waals surface area contributed by atoms with Crippen molar-refractivity contribution in [3.05, 3.63) is 81.5 Å². The van der Waals surface area contributed by atoms with E-state index in [1.54, 1.807) is 23.3 Å². The van der Waals surface area contributed by atoms with Crippen LogP contribution in [0.15, 0.2) is 60.0 Å². The fourth-order valence-electron chi connectivity index (χ4n) is 4.33. The van der Waals surface area contributed by atoms with Crippen molar-refractivity contribution in [3.63, 3.8) is 0 Å². The lowest BCUT2D eigenvalue weighted by atomic mass is 10.00. The Morgan fingerprint density at radius 3 is 2.57 bits per heavy atom. The maximum Gasteiger partial charge on any atom is 0.254 e. The number of hydrogen-bond donors (Lipinski definition) is 0. The molecule has 1 aliphatic heterocycles. The van der Waals surface area contributed by atoms with E-state index in [1.165, 1.54) is 4.88 Å². The molecule has 0 radical (unpaired) electrons. The van der Waals surface area contributed by atoms with Gasteiger partial charge in [0.25, 0.3) is 5.91 Å². The summed E-state index contributed by atoms with van der Waals surface area (Å²) in [6.45, 7) is 6.82. The van der Waals surface area contributed by atoms with E-state index in [9.17, 15) is 9.59 Å². The molecule has 7 heteroatoms. The van der Waals surface area contributed by atoms with Crippen molar-refractivity contribution in [2.24, 2.45) is 0 Å². The first-order valence-electron chi connectivity index (χ1n) is 11.9. The summed E-state index contributed by atoms with van der Waals surface area (Å²) in [6, 6.07) is 16.7. The number of nitrogens with zero attached hydrogens (tertiary/aromatic N) is 2. The molecule has 0 saturated carbocycles. The molecule has 1 aromatic heterocycles. The van der Waals surface area contributed by atoms with E-state index in [-0.39, 0.29) is 30.4 Å². The zero-order chi connectivity index (χ0) is 24.9. The molecule has 2 heterocycles. The van der Waals surface area contributed by atoms with E-state index in [1.807, 2.05) is 74.2 Å². The Morgan fingerprint density at radius 1 is 1.11 bits per heavy atom. The molecule has 3 aromatic rings. The molecule has 2 aromatic carbocycles. The monoisotopic (exact) mass is 492 g/mol. The molecule has 1 aliphatic rings. The molecule has 1 unspecified atom stereocenters. The van der Waals surface area contributed by atoms with Crippen molar-refractivity contribution in [1.82, 2.24) is 9.80 Å². The van der Waals surface area contributed by atoms with Crippen molar-refractivity contribution >= 4 is 23.2 Å². The second kappa shape index (κ2) is 11.0. The van der Waals surface area contributed by atoms with E-state index < -0.39 is 0 Å². The molecular weight excluding hydrogens is 460 g/mol. The Morgan fingerprint density at radius 2 is 1.86 bits per heavy atom. The van der Waals surface area contributed by atoms with Crippen molar-refractivity contribution in [3.8, 4) is 11.5 Å². The van der Waals surface area contributed by atoms with Crippen molar-refractivity contribution in [2.45, 2.75) is 39.3 Å². The summed E-state index contributed by atoms with van der Waals surface area (Å²) in [7, 11) is 1.62. The highest BCUT2D eigenvalue weighted by Gasteiger charge is 2.34. The number of ether oxygens (including phenoxy) is 2. The van der Waals surface area contributed by atoms with Gasteiger partial charge >= 0.3 is 0 Å². The summed E-state index contributed by atoms with van der Waals surface area (Å²) in [6.07, 6.45) is 0.808. The number of hydrogen-bond acceptors (Lipinski definition) is 5. The molecule has 6 nitrogen and oxygen atoms in total. The molecule has 184 valence electrons. The van der Waals surface area contributed by atoms with E-state index in [0.29, 0.717) is 24.5 Å². The summed E-state index contributed by atoms with van der Waals surface area (Å²) in [5.41, 5.74) is 2.81. The summed E-state index contributed by atoms with van der Waals surface area (Å²) < 4.78 is 11.4. The lowest BCUT2D eigenvalue weighted by molar-refractivity contribution is -0.136. The third kappa shape index (κ3) is 5.68. The molecule has 4 rings (SSSR count). The third-order valence-electron chi connectivity index (χ3n) is 6.35. The molecule has 1 atom stereocenters. The topological polar surface area (TPSA) is 59.1 Å². The molecule has 0 spiro atoms. The first-order chi connectivity index (χ1) is 16.9. The van der Waals surface area contributed by atoms with Crippen LogP contribution < -0.4 is 9.47 Å². The van der Waals surface area contributed by atoms with Gasteiger partial charge in [0.1, 0.15) is 24.7 Å². The minimum Gasteiger partial charge on any atom is -0.497 e. The molecular formula is C28H32N2O4S. The number of thiophene rings is 1. The van der Waals surface area contributed by atoms with Crippen LogP contribution in [-0.4, -0.2) is 54.5 Å². The quantitative estimate of drug-likeness (QED) is 0.438. The van der Waals surface area contributed by atoms with Crippen molar-refractivity contribution in [2.75, 3.05) is 26.8 Å². The summed E-state index contributed by atoms with van der Waals surface area (Å²) in [5, 5.41) is 2.07. The van der Waals surface area contributed by atoms with Crippen LogP contribution in [0.2, 0.25) is 0 Å². The number of amides is 2. The van der Waals surface area contributed by atoms with Crippen LogP contribution in [0.4, 0.5) is 0 Å². The zero-order valence-corrected chi connectivity index (χ0v) is 21.5. The standard InChI is InChI=1S/C28H32N2O4S/c1-19(2)30(28(32)21-10-8-20(3)9-11-21)17-27(31)29-14-12-26-24(13-15-35-26)25(29)18-34-23-7-5-6-22(16-23)33-4/h5-11,13,15-16,19,25H,12,14,17-18H2,1-4H3. The number of rotatable bonds is 8. The van der Waals surface area contributed by atoms with Crippen LogP contribution in [0.5, 0.6) is 11.5 Å². The Bertz CT molecular complexity index is 1170. The average molecular weight is 493 g/mol. The Hall–Kier alpha value is -3.32. The van der Waals surface area contributed by atoms with Crippen LogP contribution >= 0.6 is 11.3 Å². The largest absolute Gasteiger partial charge is 0.497 e. The normalized spacial score (nSPS) is 15.0. The smallest absolute Gasteiger partial charge is 0.254 e. The first kappa shape index (κ1) is 24.8. The number of benzene rings is 2. The van der Waals surface area contributed by atoms with Gasteiger partial charge in [0.2, 0.25) is 5.91 Å². The molecule has 2 amide bonds. The van der Waals surface area contributed by atoms with Crippen LogP contribution in [0.25, 0.3) is 0 Å². The van der Waals surface area contributed by atoms with E-state index in [0.717, 1.165) is 23.3 Å². The number of fused-ring (bicyclic) bond motifs is 1. The molecule has 35 heavy (non-hydrogen) atoms. The Labute approximate surface area is 211 Å². The lowest BCUT2D eigenvalue weighted by Gasteiger charge is -2.37. The fraction of sp³-hybridized carbons (Fsp3) is 0.357. The number of carbonyl (C=O) groups is 2. The van der Waals surface area contributed by atoms with Gasteiger partial charge in [-0.05, 0) is 68.5 Å². The van der Waals surface area contributed by atoms with Gasteiger partial charge in [-0.25, -0.2) is 0 Å². The molecule has 0 aliphatic carbocycles. The van der Waals surface area contributed by atoms with Gasteiger partial charge in [-0.3, -0.25) is 9.59 Å². The van der Waals surface area contributed by atoms with Gasteiger partial charge in [-0.15, -0.1) is 11.3 Å². The predicted octanol–water partition coefficient (Wildman–Crippen LogP) is 5.12. The summed E-state index contributed by atoms with van der Waals surface area (Å²) in [4.78, 5) is 31.7. The number of aryl methyl sites for hydroxylation is 1. The minimum atomic E-state index is -0.216. The van der Waals surface area contributed by atoms with Crippen molar-refractivity contribution in [1.29, 1.82) is 0 Å². The second-order valence-corrected chi connectivity index (χ2v) is 10.0. The Kier molecular flexibility index (Phi) is 7.76. The highest BCUT2D eigenvalue weighted by molar-refractivity contribution is 7.10. The van der Waals surface area contributed by atoms with Crippen LogP contribution in [0, 0.1) is 6.92 Å². The first-order valence-corrected chi connectivity index (χ1v) is 12.8. The van der Waals surface area contributed by atoms with Gasteiger partial charge in [0.15, 0.2) is 0 Å². The number of methoxy groups -OCH3 is 1. The fourth-order valence-corrected chi connectivity index (χ4v) is 5.26. The van der Waals surface area contributed by atoms with Crippen LogP contribution in [-0.2, 0) is 11.2 Å². The summed E-state index contributed by atoms with van der Waals surface area (Å²) >= 11 is 1.71. The van der Waals surface area contributed by atoms with Gasteiger partial charge in [-0.2, -0.15) is 0 Å². The van der Waals surface area contributed by atoms with Crippen LogP contribution in [0.1, 0.15) is 46.3 Å². The maximum absolute atomic E-state index is 13.6. The average Bonchev–Trinajstić information content (AvgIpc) is 3.35. The summed E-state index contributed by atoms with van der Waals surface area (Å²) in [5.74, 6) is 1.20. The highest BCUT2D eigenvalue weighted by Crippen LogP contribution is 2.34. The molecule has 0 saturated heterocycles. The van der Waals surface area contributed by atoms with Gasteiger partial charge < -0.3 is 19.3 Å². The lowest BCUT2D eigenvalue weighted by Crippen LogP contribution is -2.49. The number of carbonyl (C=O) groups excluding carboxylic acids is 2. The Balaban J connectivity index is 1.52. The van der Waals surface area contributed by atoms with Crippen molar-refractivity contribution < 1.29 is 19.1 Å². The minimum absolute atomic E-state index is 0.0273. The molecule has 0 fully saturated rings. The maximum atomic E-state index is 13.6. The van der Waals surface area contributed by atoms with E-state index >= 15 is 0 Å². The van der Waals surface area contributed by atoms with Gasteiger partial charge in [0, 0.05) is 29.1 Å².